The summed E-state index contributed by atoms with van der Waals surface area (Å²) in [6.45, 7) is 9.05. The molecule has 20 heavy (non-hydrogen) atoms. The van der Waals surface area contributed by atoms with Crippen LogP contribution in [0.15, 0.2) is 18.2 Å². The summed E-state index contributed by atoms with van der Waals surface area (Å²) in [4.78, 5) is 2.18. The maximum Gasteiger partial charge on any atom is 0.125 e. The lowest BCUT2D eigenvalue weighted by molar-refractivity contribution is 0.302. The predicted molar refractivity (Wildman–Crippen MR) is 84.7 cm³/mol. The zero-order valence-electron chi connectivity index (χ0n) is 13.1. The number of methoxy groups -OCH3 is 1. The van der Waals surface area contributed by atoms with E-state index in [1.165, 1.54) is 5.56 Å². The minimum Gasteiger partial charge on any atom is -0.496 e. The topological polar surface area (TPSA) is 44.7 Å². The van der Waals surface area contributed by atoms with E-state index in [4.69, 9.17) is 4.74 Å². The van der Waals surface area contributed by atoms with Crippen LogP contribution < -0.4 is 15.0 Å². The third-order valence-electron chi connectivity index (χ3n) is 3.49. The summed E-state index contributed by atoms with van der Waals surface area (Å²) in [5.41, 5.74) is 2.30. The fourth-order valence-corrected chi connectivity index (χ4v) is 2.45. The van der Waals surface area contributed by atoms with Gasteiger partial charge in [0.05, 0.1) is 13.7 Å². The van der Waals surface area contributed by atoms with Gasteiger partial charge in [-0.1, -0.05) is 13.0 Å². The molecule has 2 N–H and O–H groups in total. The molecule has 0 heterocycles. The molecule has 0 aliphatic carbocycles. The summed E-state index contributed by atoms with van der Waals surface area (Å²) in [7, 11) is 1.71. The van der Waals surface area contributed by atoms with Crippen molar-refractivity contribution < 1.29 is 9.84 Å². The lowest BCUT2D eigenvalue weighted by Crippen LogP contribution is -2.29. The molecule has 114 valence electrons. The lowest BCUT2D eigenvalue weighted by Gasteiger charge is -2.29. The molecule has 0 fully saturated rings. The Morgan fingerprint density at radius 1 is 1.35 bits per heavy atom. The van der Waals surface area contributed by atoms with Crippen LogP contribution in [0.3, 0.4) is 0 Å². The van der Waals surface area contributed by atoms with Gasteiger partial charge in [0.2, 0.25) is 0 Å². The Morgan fingerprint density at radius 2 is 2.10 bits per heavy atom. The molecule has 0 bridgehead atoms. The standard InChI is InChI=1S/C16H28N2O2/c1-5-10-17-13(3)16-14(18(6-2)11-12-19)8-7-9-15(16)20-4/h7-9,13,17,19H,5-6,10-12H2,1-4H3. The van der Waals surface area contributed by atoms with Crippen molar-refractivity contribution in [3.05, 3.63) is 23.8 Å². The Balaban J connectivity index is 3.14. The number of hydrogen-bond acceptors (Lipinski definition) is 4. The Morgan fingerprint density at radius 3 is 2.65 bits per heavy atom. The van der Waals surface area contributed by atoms with Crippen LogP contribution >= 0.6 is 0 Å². The van der Waals surface area contributed by atoms with Crippen molar-refractivity contribution in [3.63, 3.8) is 0 Å². The van der Waals surface area contributed by atoms with Gasteiger partial charge in [-0.15, -0.1) is 0 Å². The first-order chi connectivity index (χ1) is 9.69. The number of anilines is 1. The summed E-state index contributed by atoms with van der Waals surface area (Å²) in [5.74, 6) is 0.898. The highest BCUT2D eigenvalue weighted by molar-refractivity contribution is 5.60. The van der Waals surface area contributed by atoms with Crippen LogP contribution in [-0.2, 0) is 0 Å². The molecule has 1 atom stereocenters. The zero-order valence-corrected chi connectivity index (χ0v) is 13.1. The summed E-state index contributed by atoms with van der Waals surface area (Å²) >= 11 is 0. The predicted octanol–water partition coefficient (Wildman–Crippen LogP) is 2.57. The van der Waals surface area contributed by atoms with Crippen molar-refractivity contribution in [2.45, 2.75) is 33.2 Å². The number of aliphatic hydroxyl groups excluding tert-OH is 1. The number of aliphatic hydroxyl groups is 1. The van der Waals surface area contributed by atoms with Gasteiger partial charge in [0, 0.05) is 30.4 Å². The van der Waals surface area contributed by atoms with Crippen LogP contribution in [0.5, 0.6) is 5.75 Å². The SMILES string of the molecule is CCCNC(C)c1c(OC)cccc1N(CC)CCO. The highest BCUT2D eigenvalue weighted by Gasteiger charge is 2.18. The summed E-state index contributed by atoms with van der Waals surface area (Å²) in [6, 6.07) is 6.31. The number of likely N-dealkylation sites (N-methyl/N-ethyl adjacent to an activating group) is 1. The van der Waals surface area contributed by atoms with Gasteiger partial charge >= 0.3 is 0 Å². The molecule has 0 aliphatic rings. The van der Waals surface area contributed by atoms with Gasteiger partial charge in [0.25, 0.3) is 0 Å². The van der Waals surface area contributed by atoms with Gasteiger partial charge in [-0.25, -0.2) is 0 Å². The number of nitrogens with zero attached hydrogens (tertiary/aromatic N) is 1. The second-order valence-electron chi connectivity index (χ2n) is 4.87. The molecule has 4 nitrogen and oxygen atoms in total. The van der Waals surface area contributed by atoms with Crippen molar-refractivity contribution in [2.75, 3.05) is 38.3 Å². The van der Waals surface area contributed by atoms with E-state index in [2.05, 4.69) is 37.1 Å². The van der Waals surface area contributed by atoms with Gasteiger partial charge in [-0.05, 0) is 38.9 Å². The third-order valence-corrected chi connectivity index (χ3v) is 3.49. The minimum atomic E-state index is 0.154. The zero-order chi connectivity index (χ0) is 15.0. The monoisotopic (exact) mass is 280 g/mol. The molecule has 0 spiro atoms. The van der Waals surface area contributed by atoms with E-state index in [0.717, 1.165) is 30.9 Å². The Kier molecular flexibility index (Phi) is 7.41. The number of rotatable bonds is 9. The fourth-order valence-electron chi connectivity index (χ4n) is 2.45. The molecule has 0 saturated heterocycles. The van der Waals surface area contributed by atoms with Crippen LogP contribution in [0.25, 0.3) is 0 Å². The van der Waals surface area contributed by atoms with Crippen molar-refractivity contribution in [2.24, 2.45) is 0 Å². The lowest BCUT2D eigenvalue weighted by atomic mass is 10.0. The van der Waals surface area contributed by atoms with Gasteiger partial charge in [0.15, 0.2) is 0 Å². The largest absolute Gasteiger partial charge is 0.496 e. The first kappa shape index (κ1) is 16.8. The van der Waals surface area contributed by atoms with Gasteiger partial charge < -0.3 is 20.1 Å². The highest BCUT2D eigenvalue weighted by Crippen LogP contribution is 2.34. The first-order valence-electron chi connectivity index (χ1n) is 7.45. The second kappa shape index (κ2) is 8.82. The van der Waals surface area contributed by atoms with Crippen LogP contribution in [0, 0.1) is 0 Å². The molecule has 1 unspecified atom stereocenters. The van der Waals surface area contributed by atoms with Crippen molar-refractivity contribution in [3.8, 4) is 5.75 Å². The quantitative estimate of drug-likeness (QED) is 0.730. The average molecular weight is 280 g/mol. The minimum absolute atomic E-state index is 0.154. The van der Waals surface area contributed by atoms with Crippen LogP contribution in [0.1, 0.15) is 38.8 Å². The summed E-state index contributed by atoms with van der Waals surface area (Å²) in [6.07, 6.45) is 1.10. The van der Waals surface area contributed by atoms with E-state index in [0.29, 0.717) is 6.54 Å². The molecular formula is C16H28N2O2. The normalized spacial score (nSPS) is 12.2. The van der Waals surface area contributed by atoms with E-state index >= 15 is 0 Å². The van der Waals surface area contributed by atoms with Crippen LogP contribution in [0.2, 0.25) is 0 Å². The van der Waals surface area contributed by atoms with Crippen LogP contribution in [-0.4, -0.2) is 38.5 Å². The highest BCUT2D eigenvalue weighted by atomic mass is 16.5. The smallest absolute Gasteiger partial charge is 0.125 e. The number of benzene rings is 1. The maximum absolute atomic E-state index is 9.24. The van der Waals surface area contributed by atoms with Gasteiger partial charge in [-0.2, -0.15) is 0 Å². The van der Waals surface area contributed by atoms with E-state index in [9.17, 15) is 5.11 Å². The van der Waals surface area contributed by atoms with E-state index < -0.39 is 0 Å². The Labute approximate surface area is 122 Å². The Hall–Kier alpha value is -1.26. The molecule has 0 saturated carbocycles. The molecule has 0 aliphatic heterocycles. The average Bonchev–Trinajstić information content (AvgIpc) is 2.49. The number of hydrogen-bond donors (Lipinski definition) is 2. The molecule has 1 rings (SSSR count). The van der Waals surface area contributed by atoms with Crippen LogP contribution in [0.4, 0.5) is 5.69 Å². The molecule has 0 radical (unpaired) electrons. The van der Waals surface area contributed by atoms with Gasteiger partial charge in [0.1, 0.15) is 5.75 Å². The molecule has 0 amide bonds. The maximum atomic E-state index is 9.24. The molecule has 1 aromatic rings. The van der Waals surface area contributed by atoms with E-state index in [-0.39, 0.29) is 12.6 Å². The molecular weight excluding hydrogens is 252 g/mol. The molecule has 4 heteroatoms. The summed E-state index contributed by atoms with van der Waals surface area (Å²) in [5, 5.41) is 12.8. The van der Waals surface area contributed by atoms with E-state index in [1.807, 2.05) is 12.1 Å². The first-order valence-corrected chi connectivity index (χ1v) is 7.45. The van der Waals surface area contributed by atoms with Crippen molar-refractivity contribution >= 4 is 5.69 Å². The van der Waals surface area contributed by atoms with Crippen molar-refractivity contribution in [1.82, 2.24) is 5.32 Å². The van der Waals surface area contributed by atoms with Crippen molar-refractivity contribution in [1.29, 1.82) is 0 Å². The molecule has 0 aromatic heterocycles. The Bertz CT molecular complexity index is 396. The van der Waals surface area contributed by atoms with E-state index in [1.54, 1.807) is 7.11 Å². The molecule has 1 aromatic carbocycles. The third kappa shape index (κ3) is 4.12. The van der Waals surface area contributed by atoms with Gasteiger partial charge in [-0.3, -0.25) is 0 Å². The second-order valence-corrected chi connectivity index (χ2v) is 4.87. The number of nitrogens with one attached hydrogen (secondary N) is 1. The number of ether oxygens (including phenoxy) is 1. The summed E-state index contributed by atoms with van der Waals surface area (Å²) < 4.78 is 5.53. The fraction of sp³-hybridized carbons (Fsp3) is 0.625.